The van der Waals surface area contributed by atoms with Crippen LogP contribution in [0.4, 0.5) is 5.69 Å². The summed E-state index contributed by atoms with van der Waals surface area (Å²) < 4.78 is 5.37. The van der Waals surface area contributed by atoms with Crippen molar-refractivity contribution in [3.63, 3.8) is 0 Å². The molecule has 0 aliphatic carbocycles. The van der Waals surface area contributed by atoms with Crippen molar-refractivity contribution in [1.29, 1.82) is 0 Å². The van der Waals surface area contributed by atoms with Crippen LogP contribution >= 0.6 is 0 Å². The number of carbonyl (C=O) groups excluding carboxylic acids is 1. The first-order chi connectivity index (χ1) is 8.84. The van der Waals surface area contributed by atoms with Gasteiger partial charge < -0.3 is 21.0 Å². The summed E-state index contributed by atoms with van der Waals surface area (Å²) in [5.74, 6) is 0.302. The van der Waals surface area contributed by atoms with Gasteiger partial charge in [-0.2, -0.15) is 0 Å². The van der Waals surface area contributed by atoms with Crippen LogP contribution < -0.4 is 15.8 Å². The number of anilines is 1. The maximum atomic E-state index is 11.9. The summed E-state index contributed by atoms with van der Waals surface area (Å²) in [6.07, 6.45) is 0. The number of rotatable bonds is 4. The third-order valence-corrected chi connectivity index (χ3v) is 2.32. The lowest BCUT2D eigenvalue weighted by Gasteiger charge is -2.19. The lowest BCUT2D eigenvalue weighted by atomic mass is 9.95. The van der Waals surface area contributed by atoms with Gasteiger partial charge in [0.25, 0.3) is 0 Å². The van der Waals surface area contributed by atoms with Crippen molar-refractivity contribution in [1.82, 2.24) is 0 Å². The Labute approximate surface area is 112 Å². The van der Waals surface area contributed by atoms with E-state index in [1.807, 2.05) is 20.8 Å². The topological polar surface area (TPSA) is 96.9 Å². The number of nitrogens with zero attached hydrogens (tertiary/aromatic N) is 1. The number of oxime groups is 1. The van der Waals surface area contributed by atoms with Crippen LogP contribution in [0, 0.1) is 5.41 Å². The molecule has 104 valence electrons. The molecular formula is C13H19N3O3. The highest BCUT2D eigenvalue weighted by molar-refractivity contribution is 5.95. The summed E-state index contributed by atoms with van der Waals surface area (Å²) in [6, 6.07) is 6.98. The quantitative estimate of drug-likeness (QED) is 0.334. The second-order valence-corrected chi connectivity index (χ2v) is 5.08. The first-order valence-electron chi connectivity index (χ1n) is 5.84. The van der Waals surface area contributed by atoms with Gasteiger partial charge in [0.05, 0.1) is 5.69 Å². The molecule has 0 spiro atoms. The number of nitrogens with two attached hydrogens (primary N) is 1. The van der Waals surface area contributed by atoms with Crippen LogP contribution in [-0.4, -0.2) is 23.6 Å². The number of nitrogens with one attached hydrogen (secondary N) is 1. The minimum atomic E-state index is -0.501. The second kappa shape index (κ2) is 6.08. The smallest absolute Gasteiger partial charge is 0.229 e. The van der Waals surface area contributed by atoms with Gasteiger partial charge in [0.15, 0.2) is 5.84 Å². The second-order valence-electron chi connectivity index (χ2n) is 5.08. The number of benzene rings is 1. The summed E-state index contributed by atoms with van der Waals surface area (Å²) in [4.78, 5) is 11.9. The molecule has 4 N–H and O–H groups in total. The fraction of sp³-hybridized carbons (Fsp3) is 0.385. The van der Waals surface area contributed by atoms with E-state index in [9.17, 15) is 4.79 Å². The van der Waals surface area contributed by atoms with Crippen LogP contribution in [0.1, 0.15) is 20.8 Å². The predicted octanol–water partition coefficient (Wildman–Crippen LogP) is 1.80. The van der Waals surface area contributed by atoms with Crippen molar-refractivity contribution in [2.45, 2.75) is 20.8 Å². The molecule has 0 aliphatic heterocycles. The van der Waals surface area contributed by atoms with Gasteiger partial charge >= 0.3 is 0 Å². The van der Waals surface area contributed by atoms with Crippen LogP contribution in [0.3, 0.4) is 0 Å². The maximum Gasteiger partial charge on any atom is 0.229 e. The van der Waals surface area contributed by atoms with Gasteiger partial charge in [-0.25, -0.2) is 0 Å². The third-order valence-electron chi connectivity index (χ3n) is 2.32. The lowest BCUT2D eigenvalue weighted by Crippen LogP contribution is -2.28. The molecule has 1 amide bonds. The molecule has 6 nitrogen and oxygen atoms in total. The average molecular weight is 265 g/mol. The molecule has 19 heavy (non-hydrogen) atoms. The lowest BCUT2D eigenvalue weighted by molar-refractivity contribution is -0.123. The van der Waals surface area contributed by atoms with E-state index >= 15 is 0 Å². The number of hydrogen-bond donors (Lipinski definition) is 3. The summed E-state index contributed by atoms with van der Waals surface area (Å²) in [7, 11) is 0. The highest BCUT2D eigenvalue weighted by Crippen LogP contribution is 2.26. The molecule has 0 saturated heterocycles. The Kier molecular flexibility index (Phi) is 4.74. The molecular weight excluding hydrogens is 246 g/mol. The van der Waals surface area contributed by atoms with E-state index in [0.717, 1.165) is 0 Å². The van der Waals surface area contributed by atoms with E-state index in [1.165, 1.54) is 0 Å². The Morgan fingerprint density at radius 3 is 2.63 bits per heavy atom. The van der Waals surface area contributed by atoms with Gasteiger partial charge in [-0.05, 0) is 12.1 Å². The summed E-state index contributed by atoms with van der Waals surface area (Å²) in [5, 5.41) is 14.0. The molecule has 0 radical (unpaired) electrons. The molecule has 1 aromatic carbocycles. The molecule has 0 saturated carbocycles. The first-order valence-corrected chi connectivity index (χ1v) is 5.84. The number of hydrogen-bond acceptors (Lipinski definition) is 4. The van der Waals surface area contributed by atoms with Crippen molar-refractivity contribution in [2.24, 2.45) is 16.3 Å². The van der Waals surface area contributed by atoms with Crippen molar-refractivity contribution < 1.29 is 14.7 Å². The molecule has 0 bridgehead atoms. The van der Waals surface area contributed by atoms with Crippen LogP contribution in [0.2, 0.25) is 0 Å². The Hall–Kier alpha value is -2.24. The SMILES string of the molecule is CC(C)(C)C(=O)Nc1ccccc1OCC(N)=NO. The van der Waals surface area contributed by atoms with Crippen molar-refractivity contribution in [2.75, 3.05) is 11.9 Å². The highest BCUT2D eigenvalue weighted by Gasteiger charge is 2.22. The van der Waals surface area contributed by atoms with E-state index in [2.05, 4.69) is 10.5 Å². The fourth-order valence-corrected chi connectivity index (χ4v) is 1.19. The summed E-state index contributed by atoms with van der Waals surface area (Å²) >= 11 is 0. The molecule has 0 unspecified atom stereocenters. The minimum absolute atomic E-state index is 0.0445. The number of amidine groups is 1. The van der Waals surface area contributed by atoms with E-state index in [4.69, 9.17) is 15.7 Å². The first kappa shape index (κ1) is 14.8. The zero-order valence-electron chi connectivity index (χ0n) is 11.3. The van der Waals surface area contributed by atoms with E-state index in [-0.39, 0.29) is 18.3 Å². The van der Waals surface area contributed by atoms with Gasteiger partial charge in [-0.3, -0.25) is 4.79 Å². The largest absolute Gasteiger partial charge is 0.483 e. The number of carbonyl (C=O) groups is 1. The highest BCUT2D eigenvalue weighted by atomic mass is 16.5. The zero-order chi connectivity index (χ0) is 14.5. The van der Waals surface area contributed by atoms with Crippen LogP contribution in [0.5, 0.6) is 5.75 Å². The molecule has 1 rings (SSSR count). The van der Waals surface area contributed by atoms with Gasteiger partial charge in [0.1, 0.15) is 12.4 Å². The number of ether oxygens (including phenoxy) is 1. The number of amides is 1. The molecule has 1 aromatic rings. The van der Waals surface area contributed by atoms with Crippen molar-refractivity contribution >= 4 is 17.4 Å². The van der Waals surface area contributed by atoms with Crippen LogP contribution in [0.25, 0.3) is 0 Å². The number of para-hydroxylation sites is 2. The van der Waals surface area contributed by atoms with Gasteiger partial charge in [0, 0.05) is 5.41 Å². The standard InChI is InChI=1S/C13H19N3O3/c1-13(2,3)12(17)15-9-6-4-5-7-10(9)19-8-11(14)16-18/h4-7,18H,8H2,1-3H3,(H2,14,16)(H,15,17). The molecule has 0 atom stereocenters. The molecule has 0 aromatic heterocycles. The van der Waals surface area contributed by atoms with Gasteiger partial charge in [-0.1, -0.05) is 38.1 Å². The monoisotopic (exact) mass is 265 g/mol. The molecule has 6 heteroatoms. The van der Waals surface area contributed by atoms with Gasteiger partial charge in [-0.15, -0.1) is 0 Å². The van der Waals surface area contributed by atoms with Crippen molar-refractivity contribution in [3.05, 3.63) is 24.3 Å². The Morgan fingerprint density at radius 2 is 2.05 bits per heavy atom. The van der Waals surface area contributed by atoms with Crippen LogP contribution in [-0.2, 0) is 4.79 Å². The zero-order valence-corrected chi connectivity index (χ0v) is 11.3. The average Bonchev–Trinajstić information content (AvgIpc) is 2.36. The maximum absolute atomic E-state index is 11.9. The summed E-state index contributed by atoms with van der Waals surface area (Å²) in [6.45, 7) is 5.41. The summed E-state index contributed by atoms with van der Waals surface area (Å²) in [5.41, 5.74) is 5.38. The van der Waals surface area contributed by atoms with E-state index in [0.29, 0.717) is 11.4 Å². The molecule has 0 aliphatic rings. The minimum Gasteiger partial charge on any atom is -0.483 e. The van der Waals surface area contributed by atoms with Crippen molar-refractivity contribution in [3.8, 4) is 5.75 Å². The predicted molar refractivity (Wildman–Crippen MR) is 73.4 cm³/mol. The Morgan fingerprint density at radius 1 is 1.42 bits per heavy atom. The third kappa shape index (κ3) is 4.50. The van der Waals surface area contributed by atoms with E-state index < -0.39 is 5.41 Å². The molecule has 0 fully saturated rings. The Bertz CT molecular complexity index is 478. The Balaban J connectivity index is 2.82. The van der Waals surface area contributed by atoms with E-state index in [1.54, 1.807) is 24.3 Å². The van der Waals surface area contributed by atoms with Crippen LogP contribution in [0.15, 0.2) is 29.4 Å². The fourth-order valence-electron chi connectivity index (χ4n) is 1.19. The van der Waals surface area contributed by atoms with Gasteiger partial charge in [0.2, 0.25) is 5.91 Å². The molecule has 0 heterocycles. The normalized spacial score (nSPS) is 12.1.